The van der Waals surface area contributed by atoms with Gasteiger partial charge in [-0.2, -0.15) is 0 Å². The highest BCUT2D eigenvalue weighted by Crippen LogP contribution is 2.29. The molecule has 0 bridgehead atoms. The molecule has 1 atom stereocenters. The minimum absolute atomic E-state index is 0.0692. The smallest absolute Gasteiger partial charge is 0.273 e. The van der Waals surface area contributed by atoms with Crippen LogP contribution in [0, 0.1) is 24.0 Å². The average molecular weight is 338 g/mol. The number of para-hydroxylation sites is 1. The number of fused-ring (bicyclic) bond motifs is 1. The van der Waals surface area contributed by atoms with Crippen LogP contribution >= 0.6 is 0 Å². The molecule has 1 unspecified atom stereocenters. The fourth-order valence-corrected chi connectivity index (χ4v) is 3.01. The normalized spacial score (nSPS) is 12.1. The summed E-state index contributed by atoms with van der Waals surface area (Å²) in [6, 6.07) is 11.8. The fourth-order valence-electron chi connectivity index (χ4n) is 3.01. The molecule has 2 aromatic carbocycles. The van der Waals surface area contributed by atoms with Crippen molar-refractivity contribution in [1.82, 2.24) is 5.32 Å². The van der Waals surface area contributed by atoms with Crippen LogP contribution < -0.4 is 5.32 Å². The summed E-state index contributed by atoms with van der Waals surface area (Å²) in [5, 5.41) is 14.9. The number of benzene rings is 2. The largest absolute Gasteiger partial charge is 0.459 e. The molecule has 6 nitrogen and oxygen atoms in total. The van der Waals surface area contributed by atoms with E-state index < -0.39 is 4.92 Å². The Bertz CT molecular complexity index is 975. The van der Waals surface area contributed by atoms with E-state index in [1.54, 1.807) is 13.0 Å². The Morgan fingerprint density at radius 1 is 1.12 bits per heavy atom. The van der Waals surface area contributed by atoms with Gasteiger partial charge < -0.3 is 9.73 Å². The zero-order valence-corrected chi connectivity index (χ0v) is 14.2. The predicted molar refractivity (Wildman–Crippen MR) is 94.7 cm³/mol. The molecule has 0 fully saturated rings. The molecule has 6 heteroatoms. The summed E-state index contributed by atoms with van der Waals surface area (Å²) in [4.78, 5) is 23.1. The van der Waals surface area contributed by atoms with E-state index in [0.29, 0.717) is 11.3 Å². The second kappa shape index (κ2) is 6.39. The zero-order valence-electron chi connectivity index (χ0n) is 14.2. The molecule has 0 spiro atoms. The summed E-state index contributed by atoms with van der Waals surface area (Å²) < 4.78 is 5.87. The topological polar surface area (TPSA) is 85.4 Å². The van der Waals surface area contributed by atoms with Crippen LogP contribution in [-0.2, 0) is 0 Å². The SMILES string of the molecule is Cc1c(C(=O)NC(C)c2oc3ccccc3c2C)cccc1[N+](=O)[O-]. The highest BCUT2D eigenvalue weighted by Gasteiger charge is 2.22. The predicted octanol–water partition coefficient (Wildman–Crippen LogP) is 4.45. The lowest BCUT2D eigenvalue weighted by Crippen LogP contribution is -2.27. The molecule has 0 aliphatic carbocycles. The fraction of sp³-hybridized carbons (Fsp3) is 0.211. The molecule has 0 saturated carbocycles. The molecule has 25 heavy (non-hydrogen) atoms. The molecular weight excluding hydrogens is 320 g/mol. The number of nitro benzene ring substituents is 1. The molecule has 0 radical (unpaired) electrons. The van der Waals surface area contributed by atoms with Gasteiger partial charge in [0.1, 0.15) is 11.3 Å². The lowest BCUT2D eigenvalue weighted by molar-refractivity contribution is -0.385. The van der Waals surface area contributed by atoms with Gasteiger partial charge in [0.25, 0.3) is 11.6 Å². The number of hydrogen-bond donors (Lipinski definition) is 1. The number of rotatable bonds is 4. The second-order valence-corrected chi connectivity index (χ2v) is 5.99. The van der Waals surface area contributed by atoms with Crippen molar-refractivity contribution >= 4 is 22.6 Å². The number of carbonyl (C=O) groups excluding carboxylic acids is 1. The van der Waals surface area contributed by atoms with E-state index in [-0.39, 0.29) is 23.2 Å². The van der Waals surface area contributed by atoms with E-state index in [9.17, 15) is 14.9 Å². The van der Waals surface area contributed by atoms with Gasteiger partial charge >= 0.3 is 0 Å². The van der Waals surface area contributed by atoms with Crippen molar-refractivity contribution in [3.05, 3.63) is 75.0 Å². The van der Waals surface area contributed by atoms with Crippen molar-refractivity contribution in [2.75, 3.05) is 0 Å². The van der Waals surface area contributed by atoms with E-state index in [0.717, 1.165) is 16.5 Å². The third kappa shape index (κ3) is 2.98. The molecule has 1 heterocycles. The number of aryl methyl sites for hydroxylation is 1. The molecule has 1 amide bonds. The van der Waals surface area contributed by atoms with Gasteiger partial charge in [-0.3, -0.25) is 14.9 Å². The van der Waals surface area contributed by atoms with Crippen molar-refractivity contribution in [1.29, 1.82) is 0 Å². The van der Waals surface area contributed by atoms with Crippen LogP contribution in [0.3, 0.4) is 0 Å². The lowest BCUT2D eigenvalue weighted by atomic mass is 10.0. The Kier molecular flexibility index (Phi) is 4.27. The molecule has 3 aromatic rings. The van der Waals surface area contributed by atoms with Crippen LogP contribution in [0.2, 0.25) is 0 Å². The van der Waals surface area contributed by atoms with Crippen LogP contribution in [0.5, 0.6) is 0 Å². The molecule has 3 rings (SSSR count). The maximum absolute atomic E-state index is 12.6. The van der Waals surface area contributed by atoms with Crippen LogP contribution in [-0.4, -0.2) is 10.8 Å². The minimum Gasteiger partial charge on any atom is -0.459 e. The Balaban J connectivity index is 1.89. The second-order valence-electron chi connectivity index (χ2n) is 5.99. The van der Waals surface area contributed by atoms with Gasteiger partial charge in [0.15, 0.2) is 0 Å². The van der Waals surface area contributed by atoms with Gasteiger partial charge in [-0.1, -0.05) is 24.3 Å². The molecule has 0 aliphatic rings. The van der Waals surface area contributed by atoms with Crippen LogP contribution in [0.4, 0.5) is 5.69 Å². The standard InChI is InChI=1S/C19H18N2O4/c1-11-15(8-6-9-16(11)21(23)24)19(22)20-13(3)18-12(2)14-7-4-5-10-17(14)25-18/h4-10,13H,1-3H3,(H,20,22). The van der Waals surface area contributed by atoms with Crippen molar-refractivity contribution in [3.63, 3.8) is 0 Å². The minimum atomic E-state index is -0.487. The summed E-state index contributed by atoms with van der Waals surface area (Å²) in [6.45, 7) is 5.35. The number of amides is 1. The van der Waals surface area contributed by atoms with Crippen molar-refractivity contribution < 1.29 is 14.1 Å². The highest BCUT2D eigenvalue weighted by atomic mass is 16.6. The summed E-state index contributed by atoms with van der Waals surface area (Å²) in [6.07, 6.45) is 0. The molecule has 0 saturated heterocycles. The number of nitrogens with zero attached hydrogens (tertiary/aromatic N) is 1. The summed E-state index contributed by atoms with van der Waals surface area (Å²) >= 11 is 0. The van der Waals surface area contributed by atoms with Crippen LogP contribution in [0.15, 0.2) is 46.9 Å². The van der Waals surface area contributed by atoms with Crippen molar-refractivity contribution in [2.45, 2.75) is 26.8 Å². The third-order valence-electron chi connectivity index (χ3n) is 4.37. The van der Waals surface area contributed by atoms with Gasteiger partial charge in [0, 0.05) is 28.1 Å². The summed E-state index contributed by atoms with van der Waals surface area (Å²) in [7, 11) is 0. The van der Waals surface area contributed by atoms with E-state index in [4.69, 9.17) is 4.42 Å². The van der Waals surface area contributed by atoms with E-state index >= 15 is 0 Å². The number of nitro groups is 1. The van der Waals surface area contributed by atoms with Gasteiger partial charge in [0.2, 0.25) is 0 Å². The lowest BCUT2D eigenvalue weighted by Gasteiger charge is -2.14. The van der Waals surface area contributed by atoms with Crippen LogP contribution in [0.25, 0.3) is 11.0 Å². The molecule has 1 aromatic heterocycles. The number of furan rings is 1. The van der Waals surface area contributed by atoms with Crippen molar-refractivity contribution in [3.8, 4) is 0 Å². The first-order valence-electron chi connectivity index (χ1n) is 7.93. The summed E-state index contributed by atoms with van der Waals surface area (Å²) in [5.41, 5.74) is 2.30. The monoisotopic (exact) mass is 338 g/mol. The molecule has 1 N–H and O–H groups in total. The maximum atomic E-state index is 12.6. The van der Waals surface area contributed by atoms with E-state index in [1.165, 1.54) is 12.1 Å². The Hall–Kier alpha value is -3.15. The quantitative estimate of drug-likeness (QED) is 0.562. The van der Waals surface area contributed by atoms with Gasteiger partial charge in [-0.05, 0) is 32.9 Å². The van der Waals surface area contributed by atoms with Gasteiger partial charge in [-0.25, -0.2) is 0 Å². The average Bonchev–Trinajstić information content (AvgIpc) is 2.92. The highest BCUT2D eigenvalue weighted by molar-refractivity contribution is 5.97. The van der Waals surface area contributed by atoms with Crippen LogP contribution in [0.1, 0.15) is 40.2 Å². The van der Waals surface area contributed by atoms with E-state index in [2.05, 4.69) is 5.32 Å². The Morgan fingerprint density at radius 2 is 1.84 bits per heavy atom. The first-order valence-corrected chi connectivity index (χ1v) is 7.93. The zero-order chi connectivity index (χ0) is 18.1. The Morgan fingerprint density at radius 3 is 2.52 bits per heavy atom. The van der Waals surface area contributed by atoms with Crippen molar-refractivity contribution in [2.24, 2.45) is 0 Å². The van der Waals surface area contributed by atoms with Gasteiger partial charge in [-0.15, -0.1) is 0 Å². The molecule has 0 aliphatic heterocycles. The van der Waals surface area contributed by atoms with Gasteiger partial charge in [0.05, 0.1) is 11.0 Å². The maximum Gasteiger partial charge on any atom is 0.273 e. The number of hydrogen-bond acceptors (Lipinski definition) is 4. The summed E-state index contributed by atoms with van der Waals surface area (Å²) in [5.74, 6) is 0.311. The third-order valence-corrected chi connectivity index (χ3v) is 4.37. The molecule has 128 valence electrons. The number of carbonyl (C=O) groups is 1. The van der Waals surface area contributed by atoms with E-state index in [1.807, 2.05) is 38.1 Å². The molecular formula is C19H18N2O4. The first kappa shape index (κ1) is 16.7. The number of nitrogens with one attached hydrogen (secondary N) is 1. The first-order chi connectivity index (χ1) is 11.9. The Labute approximate surface area is 144 Å².